The number of rotatable bonds is 9. The topological polar surface area (TPSA) is 125 Å². The maximum absolute atomic E-state index is 12.3. The molecule has 2 rings (SSSR count). The normalized spacial score (nSPS) is 12.5. The summed E-state index contributed by atoms with van der Waals surface area (Å²) < 4.78 is 5.00. The van der Waals surface area contributed by atoms with Gasteiger partial charge in [0.2, 0.25) is 5.91 Å². The van der Waals surface area contributed by atoms with Gasteiger partial charge in [-0.1, -0.05) is 60.7 Å². The van der Waals surface area contributed by atoms with Crippen molar-refractivity contribution in [1.29, 1.82) is 0 Å². The SMILES string of the molecule is O=C(N[C@@H](CO)C(=O)N[C@@H](Cc1ccccc1)C(=O)O)OCc1ccccc1. The monoisotopic (exact) mass is 386 g/mol. The van der Waals surface area contributed by atoms with Crippen molar-refractivity contribution in [3.05, 3.63) is 71.8 Å². The molecule has 0 spiro atoms. The van der Waals surface area contributed by atoms with Gasteiger partial charge in [-0.25, -0.2) is 9.59 Å². The van der Waals surface area contributed by atoms with E-state index in [0.717, 1.165) is 11.1 Å². The number of nitrogens with one attached hydrogen (secondary N) is 2. The first-order valence-electron chi connectivity index (χ1n) is 8.64. The summed E-state index contributed by atoms with van der Waals surface area (Å²) in [6, 6.07) is 15.2. The second-order valence-corrected chi connectivity index (χ2v) is 6.03. The van der Waals surface area contributed by atoms with Crippen LogP contribution in [0.2, 0.25) is 0 Å². The van der Waals surface area contributed by atoms with E-state index in [1.54, 1.807) is 54.6 Å². The predicted molar refractivity (Wildman–Crippen MR) is 100 cm³/mol. The molecular weight excluding hydrogens is 364 g/mol. The smallest absolute Gasteiger partial charge is 0.408 e. The van der Waals surface area contributed by atoms with Crippen molar-refractivity contribution < 1.29 is 29.3 Å². The minimum absolute atomic E-state index is 0.00179. The van der Waals surface area contributed by atoms with E-state index in [-0.39, 0.29) is 13.0 Å². The molecule has 148 valence electrons. The van der Waals surface area contributed by atoms with Crippen molar-refractivity contribution in [2.75, 3.05) is 6.61 Å². The second kappa shape index (κ2) is 10.7. The lowest BCUT2D eigenvalue weighted by Crippen LogP contribution is -2.53. The van der Waals surface area contributed by atoms with Crippen molar-refractivity contribution in [3.63, 3.8) is 0 Å². The summed E-state index contributed by atoms with van der Waals surface area (Å²) in [5.41, 5.74) is 1.49. The number of carbonyl (C=O) groups excluding carboxylic acids is 2. The van der Waals surface area contributed by atoms with Gasteiger partial charge < -0.3 is 25.6 Å². The fourth-order valence-electron chi connectivity index (χ4n) is 2.42. The third-order valence-electron chi connectivity index (χ3n) is 3.90. The molecule has 0 aliphatic heterocycles. The first-order valence-corrected chi connectivity index (χ1v) is 8.64. The largest absolute Gasteiger partial charge is 0.480 e. The number of carboxylic acid groups (broad SMARTS) is 1. The Morgan fingerprint density at radius 1 is 0.857 bits per heavy atom. The summed E-state index contributed by atoms with van der Waals surface area (Å²) in [5.74, 6) is -2.04. The van der Waals surface area contributed by atoms with Crippen LogP contribution in [0.3, 0.4) is 0 Å². The molecule has 0 saturated heterocycles. The maximum atomic E-state index is 12.3. The van der Waals surface area contributed by atoms with Crippen LogP contribution < -0.4 is 10.6 Å². The Hall–Kier alpha value is -3.39. The van der Waals surface area contributed by atoms with Crippen LogP contribution in [0.5, 0.6) is 0 Å². The number of aliphatic hydroxyl groups excluding tert-OH is 1. The quantitative estimate of drug-likeness (QED) is 0.511. The lowest BCUT2D eigenvalue weighted by atomic mass is 10.1. The Morgan fingerprint density at radius 2 is 1.43 bits per heavy atom. The molecule has 8 nitrogen and oxygen atoms in total. The van der Waals surface area contributed by atoms with E-state index in [0.29, 0.717) is 0 Å². The maximum Gasteiger partial charge on any atom is 0.408 e. The predicted octanol–water partition coefficient (Wildman–Crippen LogP) is 1.09. The fourth-order valence-corrected chi connectivity index (χ4v) is 2.42. The van der Waals surface area contributed by atoms with Gasteiger partial charge in [-0.3, -0.25) is 4.79 Å². The summed E-state index contributed by atoms with van der Waals surface area (Å²) in [6.07, 6.45) is -0.827. The van der Waals surface area contributed by atoms with Crippen LogP contribution in [0.4, 0.5) is 4.79 Å². The summed E-state index contributed by atoms with van der Waals surface area (Å²) in [6.45, 7) is -0.706. The molecule has 0 bridgehead atoms. The third kappa shape index (κ3) is 6.73. The van der Waals surface area contributed by atoms with Gasteiger partial charge in [0.1, 0.15) is 18.7 Å². The van der Waals surface area contributed by atoms with Crippen molar-refractivity contribution in [2.24, 2.45) is 0 Å². The van der Waals surface area contributed by atoms with Gasteiger partial charge in [-0.2, -0.15) is 0 Å². The number of aliphatic carboxylic acids is 1. The van der Waals surface area contributed by atoms with Crippen LogP contribution >= 0.6 is 0 Å². The number of benzene rings is 2. The molecule has 0 saturated carbocycles. The molecule has 28 heavy (non-hydrogen) atoms. The highest BCUT2D eigenvalue weighted by Crippen LogP contribution is 2.04. The molecule has 0 aromatic heterocycles. The van der Waals surface area contributed by atoms with E-state index in [1.165, 1.54) is 0 Å². The van der Waals surface area contributed by atoms with Crippen LogP contribution in [-0.2, 0) is 27.4 Å². The lowest BCUT2D eigenvalue weighted by Gasteiger charge is -2.20. The first-order chi connectivity index (χ1) is 13.5. The fraction of sp³-hybridized carbons (Fsp3) is 0.250. The highest BCUT2D eigenvalue weighted by molar-refractivity contribution is 5.89. The molecule has 2 aromatic carbocycles. The zero-order valence-corrected chi connectivity index (χ0v) is 15.1. The molecule has 0 fully saturated rings. The standard InChI is InChI=1S/C20H22N2O6/c23-12-17(22-20(27)28-13-15-9-5-2-6-10-15)18(24)21-16(19(25)26)11-14-7-3-1-4-8-14/h1-10,16-17,23H,11-13H2,(H,21,24)(H,22,27)(H,25,26)/t16-,17-/m0/s1. The number of carboxylic acids is 1. The van der Waals surface area contributed by atoms with E-state index in [2.05, 4.69) is 10.6 Å². The average molecular weight is 386 g/mol. The molecule has 2 amide bonds. The highest BCUT2D eigenvalue weighted by Gasteiger charge is 2.26. The minimum Gasteiger partial charge on any atom is -0.480 e. The molecule has 0 heterocycles. The van der Waals surface area contributed by atoms with Gasteiger partial charge in [0.05, 0.1) is 6.61 Å². The van der Waals surface area contributed by atoms with Gasteiger partial charge in [0, 0.05) is 6.42 Å². The number of ether oxygens (including phenoxy) is 1. The Balaban J connectivity index is 1.89. The van der Waals surface area contributed by atoms with E-state index in [9.17, 15) is 24.6 Å². The van der Waals surface area contributed by atoms with E-state index >= 15 is 0 Å². The second-order valence-electron chi connectivity index (χ2n) is 6.03. The molecule has 8 heteroatoms. The van der Waals surface area contributed by atoms with Crippen LogP contribution in [0.25, 0.3) is 0 Å². The molecule has 0 unspecified atom stereocenters. The Labute approximate surface area is 162 Å². The molecule has 2 atom stereocenters. The van der Waals surface area contributed by atoms with Crippen LogP contribution in [0.1, 0.15) is 11.1 Å². The zero-order chi connectivity index (χ0) is 20.4. The van der Waals surface area contributed by atoms with E-state index in [1.807, 2.05) is 6.07 Å². The summed E-state index contributed by atoms with van der Waals surface area (Å²) >= 11 is 0. The van der Waals surface area contributed by atoms with Crippen LogP contribution in [0, 0.1) is 0 Å². The molecule has 0 aliphatic carbocycles. The molecule has 2 aromatic rings. The van der Waals surface area contributed by atoms with Crippen molar-refractivity contribution in [3.8, 4) is 0 Å². The number of hydrogen-bond acceptors (Lipinski definition) is 5. The Kier molecular flexibility index (Phi) is 7.98. The number of aliphatic hydroxyl groups is 1. The Morgan fingerprint density at radius 3 is 1.96 bits per heavy atom. The van der Waals surface area contributed by atoms with E-state index in [4.69, 9.17) is 4.74 Å². The van der Waals surface area contributed by atoms with E-state index < -0.39 is 36.7 Å². The number of hydrogen-bond donors (Lipinski definition) is 4. The molecular formula is C20H22N2O6. The van der Waals surface area contributed by atoms with Gasteiger partial charge in [0.25, 0.3) is 0 Å². The van der Waals surface area contributed by atoms with Crippen LogP contribution in [0.15, 0.2) is 60.7 Å². The summed E-state index contributed by atoms with van der Waals surface area (Å²) in [4.78, 5) is 35.6. The Bertz CT molecular complexity index is 782. The van der Waals surface area contributed by atoms with Crippen molar-refractivity contribution in [2.45, 2.75) is 25.1 Å². The van der Waals surface area contributed by atoms with Gasteiger partial charge in [-0.15, -0.1) is 0 Å². The van der Waals surface area contributed by atoms with Gasteiger partial charge >= 0.3 is 12.1 Å². The molecule has 0 radical (unpaired) electrons. The zero-order valence-electron chi connectivity index (χ0n) is 15.1. The minimum atomic E-state index is -1.33. The number of alkyl carbamates (subject to hydrolysis) is 1. The first kappa shape index (κ1) is 20.9. The van der Waals surface area contributed by atoms with Crippen LogP contribution in [-0.4, -0.2) is 46.9 Å². The van der Waals surface area contributed by atoms with Crippen molar-refractivity contribution in [1.82, 2.24) is 10.6 Å². The molecule has 0 aliphatic rings. The van der Waals surface area contributed by atoms with Gasteiger partial charge in [0.15, 0.2) is 0 Å². The number of carbonyl (C=O) groups is 3. The number of amides is 2. The lowest BCUT2D eigenvalue weighted by molar-refractivity contribution is -0.142. The third-order valence-corrected chi connectivity index (χ3v) is 3.90. The highest BCUT2D eigenvalue weighted by atomic mass is 16.5. The summed E-state index contributed by atoms with van der Waals surface area (Å²) in [5, 5.41) is 23.3. The van der Waals surface area contributed by atoms with Gasteiger partial charge in [-0.05, 0) is 11.1 Å². The summed E-state index contributed by atoms with van der Waals surface area (Å²) in [7, 11) is 0. The molecule has 4 N–H and O–H groups in total. The average Bonchev–Trinajstić information content (AvgIpc) is 2.71. The van der Waals surface area contributed by atoms with Crippen molar-refractivity contribution >= 4 is 18.0 Å².